The average Bonchev–Trinajstić information content (AvgIpc) is 2.89. The molecule has 0 radical (unpaired) electrons. The van der Waals surface area contributed by atoms with Gasteiger partial charge in [-0.2, -0.15) is 11.8 Å². The van der Waals surface area contributed by atoms with Crippen LogP contribution in [0.4, 0.5) is 0 Å². The molecule has 0 aliphatic carbocycles. The van der Waals surface area contributed by atoms with Gasteiger partial charge >= 0.3 is 0 Å². The van der Waals surface area contributed by atoms with Crippen LogP contribution in [0, 0.1) is 5.92 Å². The van der Waals surface area contributed by atoms with Crippen LogP contribution in [0.5, 0.6) is 0 Å². The molecule has 2 aliphatic heterocycles. The van der Waals surface area contributed by atoms with Gasteiger partial charge in [0.15, 0.2) is 0 Å². The third kappa shape index (κ3) is 3.05. The zero-order chi connectivity index (χ0) is 14.2. The summed E-state index contributed by atoms with van der Waals surface area (Å²) >= 11 is 11.4. The first kappa shape index (κ1) is 15.2. The van der Waals surface area contributed by atoms with E-state index in [0.717, 1.165) is 41.7 Å². The Hall–Kier alpha value is 0.260. The second-order valence-electron chi connectivity index (χ2n) is 5.71. The molecule has 2 saturated heterocycles. The highest BCUT2D eigenvalue weighted by molar-refractivity contribution is 9.10. The Morgan fingerprint density at radius 2 is 2.35 bits per heavy atom. The maximum Gasteiger partial charge on any atom is 0.0820 e. The summed E-state index contributed by atoms with van der Waals surface area (Å²) in [6.45, 7) is 0.761. The van der Waals surface area contributed by atoms with E-state index in [0.29, 0.717) is 5.02 Å². The molecule has 1 N–H and O–H groups in total. The SMILES string of the molecule is OC(c1ccc(Cl)c(Br)c1)C1CCOC2(CCSC2)C1. The van der Waals surface area contributed by atoms with Gasteiger partial charge in [-0.3, -0.25) is 0 Å². The standard InChI is InChI=1S/C15H18BrClO2S/c16-12-7-10(1-2-13(12)17)14(18)11-3-5-19-15(8-11)4-6-20-9-15/h1-2,7,11,14,18H,3-6,8-9H2. The predicted molar refractivity (Wildman–Crippen MR) is 87.5 cm³/mol. The van der Waals surface area contributed by atoms with E-state index < -0.39 is 6.10 Å². The summed E-state index contributed by atoms with van der Waals surface area (Å²) in [5.41, 5.74) is 0.951. The number of hydrogen-bond acceptors (Lipinski definition) is 3. The van der Waals surface area contributed by atoms with Gasteiger partial charge in [-0.05, 0) is 64.6 Å². The quantitative estimate of drug-likeness (QED) is 0.826. The number of aliphatic hydroxyl groups is 1. The van der Waals surface area contributed by atoms with E-state index in [1.54, 1.807) is 0 Å². The molecule has 3 rings (SSSR count). The van der Waals surface area contributed by atoms with Crippen LogP contribution < -0.4 is 0 Å². The lowest BCUT2D eigenvalue weighted by Crippen LogP contribution is -2.41. The summed E-state index contributed by atoms with van der Waals surface area (Å²) in [5.74, 6) is 2.52. The van der Waals surface area contributed by atoms with Gasteiger partial charge in [0.05, 0.1) is 16.7 Å². The lowest BCUT2D eigenvalue weighted by atomic mass is 9.80. The second-order valence-corrected chi connectivity index (χ2v) is 8.07. The summed E-state index contributed by atoms with van der Waals surface area (Å²) in [6.07, 6.45) is 2.57. The molecule has 1 aromatic rings. The van der Waals surface area contributed by atoms with Crippen molar-refractivity contribution in [3.63, 3.8) is 0 Å². The maximum atomic E-state index is 10.7. The van der Waals surface area contributed by atoms with Crippen molar-refractivity contribution < 1.29 is 9.84 Å². The maximum absolute atomic E-state index is 10.7. The molecule has 2 aliphatic rings. The van der Waals surface area contributed by atoms with Crippen LogP contribution >= 0.6 is 39.3 Å². The molecule has 0 saturated carbocycles. The molecule has 5 heteroatoms. The molecular weight excluding hydrogens is 360 g/mol. The van der Waals surface area contributed by atoms with Gasteiger partial charge in [-0.1, -0.05) is 17.7 Å². The topological polar surface area (TPSA) is 29.5 Å². The molecular formula is C15H18BrClO2S. The van der Waals surface area contributed by atoms with Gasteiger partial charge in [-0.25, -0.2) is 0 Å². The third-order valence-electron chi connectivity index (χ3n) is 4.33. The van der Waals surface area contributed by atoms with Crippen LogP contribution in [0.15, 0.2) is 22.7 Å². The molecule has 3 atom stereocenters. The van der Waals surface area contributed by atoms with Crippen LogP contribution in [0.25, 0.3) is 0 Å². The van der Waals surface area contributed by atoms with Crippen molar-refractivity contribution in [2.24, 2.45) is 5.92 Å². The minimum absolute atomic E-state index is 0.0121. The lowest BCUT2D eigenvalue weighted by Gasteiger charge is -2.39. The molecule has 1 spiro atoms. The molecule has 0 aromatic heterocycles. The fourth-order valence-corrected chi connectivity index (χ4v) is 5.06. The number of benzene rings is 1. The predicted octanol–water partition coefficient (Wildman–Crippen LogP) is 4.44. The molecule has 110 valence electrons. The Balaban J connectivity index is 1.75. The second kappa shape index (κ2) is 6.17. The number of rotatable bonds is 2. The summed E-state index contributed by atoms with van der Waals surface area (Å²) in [7, 11) is 0. The van der Waals surface area contributed by atoms with Gasteiger partial charge in [-0.15, -0.1) is 0 Å². The van der Waals surface area contributed by atoms with Crippen molar-refractivity contribution >= 4 is 39.3 Å². The minimum atomic E-state index is -0.435. The highest BCUT2D eigenvalue weighted by atomic mass is 79.9. The molecule has 2 fully saturated rings. The smallest absolute Gasteiger partial charge is 0.0820 e. The van der Waals surface area contributed by atoms with Crippen molar-refractivity contribution in [1.29, 1.82) is 0 Å². The van der Waals surface area contributed by atoms with E-state index in [1.165, 1.54) is 5.75 Å². The average molecular weight is 378 g/mol. The number of hydrogen-bond donors (Lipinski definition) is 1. The monoisotopic (exact) mass is 376 g/mol. The first-order valence-electron chi connectivity index (χ1n) is 6.94. The zero-order valence-electron chi connectivity index (χ0n) is 11.1. The van der Waals surface area contributed by atoms with Crippen molar-refractivity contribution in [3.8, 4) is 0 Å². The fraction of sp³-hybridized carbons (Fsp3) is 0.600. The molecule has 2 heterocycles. The Morgan fingerprint density at radius 3 is 3.05 bits per heavy atom. The first-order valence-corrected chi connectivity index (χ1v) is 9.27. The van der Waals surface area contributed by atoms with Gasteiger partial charge in [0.25, 0.3) is 0 Å². The molecule has 2 nitrogen and oxygen atoms in total. The van der Waals surface area contributed by atoms with Crippen molar-refractivity contribution in [2.75, 3.05) is 18.1 Å². The van der Waals surface area contributed by atoms with Crippen LogP contribution in [0.2, 0.25) is 5.02 Å². The van der Waals surface area contributed by atoms with Gasteiger partial charge in [0, 0.05) is 16.8 Å². The third-order valence-corrected chi connectivity index (χ3v) is 6.77. The largest absolute Gasteiger partial charge is 0.388 e. The molecule has 20 heavy (non-hydrogen) atoms. The van der Waals surface area contributed by atoms with Gasteiger partial charge in [0.2, 0.25) is 0 Å². The molecule has 0 bridgehead atoms. The number of thioether (sulfide) groups is 1. The Morgan fingerprint density at radius 1 is 1.50 bits per heavy atom. The minimum Gasteiger partial charge on any atom is -0.388 e. The summed E-state index contributed by atoms with van der Waals surface area (Å²) < 4.78 is 6.86. The van der Waals surface area contributed by atoms with Crippen molar-refractivity contribution in [2.45, 2.75) is 31.0 Å². The van der Waals surface area contributed by atoms with Crippen molar-refractivity contribution in [3.05, 3.63) is 33.3 Å². The van der Waals surface area contributed by atoms with Crippen LogP contribution in [0.1, 0.15) is 30.9 Å². The first-order chi connectivity index (χ1) is 9.60. The summed E-state index contributed by atoms with van der Waals surface area (Å²) in [6, 6.07) is 5.69. The van der Waals surface area contributed by atoms with E-state index in [9.17, 15) is 5.11 Å². The Bertz CT molecular complexity index is 491. The zero-order valence-corrected chi connectivity index (χ0v) is 14.3. The Labute approximate surface area is 137 Å². The number of ether oxygens (including phenoxy) is 1. The van der Waals surface area contributed by atoms with Gasteiger partial charge in [0.1, 0.15) is 0 Å². The van der Waals surface area contributed by atoms with Crippen LogP contribution in [-0.4, -0.2) is 28.8 Å². The number of halogens is 2. The van der Waals surface area contributed by atoms with E-state index >= 15 is 0 Å². The lowest BCUT2D eigenvalue weighted by molar-refractivity contribution is -0.102. The number of aliphatic hydroxyl groups excluding tert-OH is 1. The van der Waals surface area contributed by atoms with Crippen molar-refractivity contribution in [1.82, 2.24) is 0 Å². The highest BCUT2D eigenvalue weighted by Gasteiger charge is 2.42. The van der Waals surface area contributed by atoms with E-state index in [2.05, 4.69) is 15.9 Å². The van der Waals surface area contributed by atoms with E-state index in [4.69, 9.17) is 16.3 Å². The Kier molecular flexibility index (Phi) is 4.68. The van der Waals surface area contributed by atoms with Crippen LogP contribution in [0.3, 0.4) is 0 Å². The normalized spacial score (nSPS) is 31.6. The summed E-state index contributed by atoms with van der Waals surface area (Å²) in [4.78, 5) is 0. The van der Waals surface area contributed by atoms with Gasteiger partial charge < -0.3 is 9.84 Å². The van der Waals surface area contributed by atoms with E-state index in [-0.39, 0.29) is 11.5 Å². The van der Waals surface area contributed by atoms with E-state index in [1.807, 2.05) is 30.0 Å². The summed E-state index contributed by atoms with van der Waals surface area (Å²) in [5, 5.41) is 11.4. The fourth-order valence-electron chi connectivity index (χ4n) is 3.17. The molecule has 1 aromatic carbocycles. The molecule has 3 unspecified atom stereocenters. The molecule has 0 amide bonds. The van der Waals surface area contributed by atoms with Crippen LogP contribution in [-0.2, 0) is 4.74 Å². The highest BCUT2D eigenvalue weighted by Crippen LogP contribution is 2.44.